The van der Waals surface area contributed by atoms with Gasteiger partial charge in [-0.3, -0.25) is 4.99 Å². The van der Waals surface area contributed by atoms with Crippen molar-refractivity contribution in [2.75, 3.05) is 0 Å². The third-order valence-corrected chi connectivity index (χ3v) is 3.55. The van der Waals surface area contributed by atoms with Gasteiger partial charge >= 0.3 is 0 Å². The lowest BCUT2D eigenvalue weighted by atomic mass is 10.1. The lowest BCUT2D eigenvalue weighted by Gasteiger charge is -1.99. The molecule has 0 amide bonds. The predicted molar refractivity (Wildman–Crippen MR) is 81.5 cm³/mol. The van der Waals surface area contributed by atoms with Crippen molar-refractivity contribution in [3.05, 3.63) is 40.0 Å². The van der Waals surface area contributed by atoms with Crippen LogP contribution < -0.4 is 0 Å². The second-order valence-electron chi connectivity index (χ2n) is 4.15. The van der Waals surface area contributed by atoms with Gasteiger partial charge in [0.25, 0.3) is 0 Å². The molecule has 1 aromatic rings. The van der Waals surface area contributed by atoms with Crippen molar-refractivity contribution < 1.29 is 5.21 Å². The number of thiazole rings is 1. The normalized spacial score (nSPS) is 12.6. The van der Waals surface area contributed by atoms with Gasteiger partial charge in [-0.1, -0.05) is 16.8 Å². The minimum absolute atomic E-state index is 0.746. The van der Waals surface area contributed by atoms with Crippen LogP contribution in [0.15, 0.2) is 40.3 Å². The van der Waals surface area contributed by atoms with Crippen molar-refractivity contribution in [2.24, 2.45) is 10.1 Å². The molecule has 1 heterocycles. The van der Waals surface area contributed by atoms with E-state index in [1.807, 2.05) is 12.3 Å². The number of unbranched alkanes of at least 4 members (excludes halogenated alkanes) is 1. The molecule has 0 saturated heterocycles. The minimum Gasteiger partial charge on any atom is -0.411 e. The topological polar surface area (TPSA) is 57.8 Å². The van der Waals surface area contributed by atoms with E-state index in [1.165, 1.54) is 16.7 Å². The average molecular weight is 277 g/mol. The highest BCUT2D eigenvalue weighted by molar-refractivity contribution is 7.13. The lowest BCUT2D eigenvalue weighted by molar-refractivity contribution is 0.322. The van der Waals surface area contributed by atoms with E-state index in [0.29, 0.717) is 0 Å². The molecule has 0 saturated carbocycles. The second-order valence-corrected chi connectivity index (χ2v) is 5.30. The van der Waals surface area contributed by atoms with Crippen LogP contribution in [0, 0.1) is 0 Å². The Morgan fingerprint density at radius 3 is 3.11 bits per heavy atom. The van der Waals surface area contributed by atoms with E-state index in [4.69, 9.17) is 5.21 Å². The highest BCUT2D eigenvalue weighted by atomic mass is 32.1. The van der Waals surface area contributed by atoms with Crippen LogP contribution in [0.25, 0.3) is 0 Å². The molecule has 0 atom stereocenters. The van der Waals surface area contributed by atoms with E-state index in [9.17, 15) is 0 Å². The number of aryl methyl sites for hydroxylation is 1. The van der Waals surface area contributed by atoms with E-state index in [2.05, 4.69) is 34.8 Å². The maximum atomic E-state index is 8.41. The van der Waals surface area contributed by atoms with Crippen molar-refractivity contribution >= 4 is 24.3 Å². The summed E-state index contributed by atoms with van der Waals surface area (Å²) in [6, 6.07) is 0. The maximum Gasteiger partial charge on any atom is 0.137 e. The van der Waals surface area contributed by atoms with E-state index in [0.717, 1.165) is 30.7 Å². The van der Waals surface area contributed by atoms with Gasteiger partial charge in [0.1, 0.15) is 11.2 Å². The summed E-state index contributed by atoms with van der Waals surface area (Å²) < 4.78 is 0. The Kier molecular flexibility index (Phi) is 7.43. The molecule has 0 radical (unpaired) electrons. The molecule has 102 valence electrons. The monoisotopic (exact) mass is 277 g/mol. The molecule has 0 unspecified atom stereocenters. The fourth-order valence-corrected chi connectivity index (χ4v) is 2.43. The summed E-state index contributed by atoms with van der Waals surface area (Å²) in [6.07, 6.45) is 13.3. The van der Waals surface area contributed by atoms with Gasteiger partial charge in [0.2, 0.25) is 0 Å². The predicted octanol–water partition coefficient (Wildman–Crippen LogP) is 3.82. The van der Waals surface area contributed by atoms with Crippen LogP contribution >= 0.6 is 11.3 Å². The fourth-order valence-electron chi connectivity index (χ4n) is 1.60. The van der Waals surface area contributed by atoms with Crippen LogP contribution in [0.2, 0.25) is 0 Å². The highest BCUT2D eigenvalue weighted by Gasteiger charge is 2.00. The van der Waals surface area contributed by atoms with E-state index >= 15 is 0 Å². The molecule has 0 aliphatic carbocycles. The summed E-state index contributed by atoms with van der Waals surface area (Å²) >= 11 is 1.57. The number of hydrogen-bond acceptors (Lipinski definition) is 5. The van der Waals surface area contributed by atoms with Crippen LogP contribution in [0.1, 0.15) is 36.1 Å². The Morgan fingerprint density at radius 1 is 1.53 bits per heavy atom. The van der Waals surface area contributed by atoms with Gasteiger partial charge in [0, 0.05) is 17.3 Å². The number of allylic oxidation sites excluding steroid dienone is 3. The highest BCUT2D eigenvalue weighted by Crippen LogP contribution is 2.16. The number of rotatable bonds is 8. The Balaban J connectivity index is 2.24. The van der Waals surface area contributed by atoms with Gasteiger partial charge in [0.05, 0.1) is 0 Å². The Labute approximate surface area is 117 Å². The largest absolute Gasteiger partial charge is 0.411 e. The molecule has 0 bridgehead atoms. The van der Waals surface area contributed by atoms with Crippen molar-refractivity contribution in [1.82, 2.24) is 4.98 Å². The Bertz CT molecular complexity index is 475. The Hall–Kier alpha value is -1.75. The van der Waals surface area contributed by atoms with E-state index in [1.54, 1.807) is 17.5 Å². The molecular formula is C14H19N3OS. The molecule has 19 heavy (non-hydrogen) atoms. The first-order valence-electron chi connectivity index (χ1n) is 6.16. The minimum atomic E-state index is 0.746. The third kappa shape index (κ3) is 6.67. The Morgan fingerprint density at radius 2 is 2.37 bits per heavy atom. The summed E-state index contributed by atoms with van der Waals surface area (Å²) in [4.78, 5) is 9.02. The molecule has 0 aromatic carbocycles. The quantitative estimate of drug-likeness (QED) is 0.258. The second kappa shape index (κ2) is 9.22. The van der Waals surface area contributed by atoms with Crippen molar-refractivity contribution in [1.29, 1.82) is 0 Å². The number of hydrogen-bond donors (Lipinski definition) is 1. The maximum absolute atomic E-state index is 8.41. The van der Waals surface area contributed by atoms with Gasteiger partial charge in [-0.05, 0) is 45.4 Å². The fraction of sp³-hybridized carbons (Fsp3) is 0.357. The van der Waals surface area contributed by atoms with Gasteiger partial charge < -0.3 is 5.21 Å². The first kappa shape index (κ1) is 15.3. The molecule has 0 aliphatic heterocycles. The summed E-state index contributed by atoms with van der Waals surface area (Å²) in [5.74, 6) is 0. The third-order valence-electron chi connectivity index (χ3n) is 2.56. The lowest BCUT2D eigenvalue weighted by Crippen LogP contribution is -1.83. The van der Waals surface area contributed by atoms with Crippen molar-refractivity contribution in [3.63, 3.8) is 0 Å². The van der Waals surface area contributed by atoms with Crippen LogP contribution in [0.4, 0.5) is 0 Å². The zero-order chi connectivity index (χ0) is 13.9. The summed E-state index contributed by atoms with van der Waals surface area (Å²) in [5.41, 5.74) is 1.34. The standard InChI is InChI=1S/C14H19N3OS/c1-12(7-5-9-15-2)6-3-4-8-13-10-16-14(19-13)11-17-18/h5,7,9-11,18H,2-4,6,8H2,1H3/b9-5-,12-7+,17-11+. The molecule has 0 spiro atoms. The SMILES string of the molecule is C=N/C=C\C=C(/C)CCCCc1cnc(/C=N/O)s1. The van der Waals surface area contributed by atoms with Gasteiger partial charge in [0.15, 0.2) is 0 Å². The smallest absolute Gasteiger partial charge is 0.137 e. The zero-order valence-corrected chi connectivity index (χ0v) is 11.9. The molecule has 5 heteroatoms. The number of aromatic nitrogens is 1. The molecule has 4 nitrogen and oxygen atoms in total. The first-order valence-corrected chi connectivity index (χ1v) is 6.98. The average Bonchev–Trinajstić information content (AvgIpc) is 2.83. The van der Waals surface area contributed by atoms with Crippen molar-refractivity contribution in [2.45, 2.75) is 32.6 Å². The zero-order valence-electron chi connectivity index (χ0n) is 11.1. The summed E-state index contributed by atoms with van der Waals surface area (Å²) in [6.45, 7) is 5.51. The van der Waals surface area contributed by atoms with Gasteiger partial charge in [-0.15, -0.1) is 11.3 Å². The van der Waals surface area contributed by atoms with Gasteiger partial charge in [-0.2, -0.15) is 0 Å². The molecule has 0 aliphatic rings. The van der Waals surface area contributed by atoms with Gasteiger partial charge in [-0.25, -0.2) is 4.98 Å². The summed E-state index contributed by atoms with van der Waals surface area (Å²) in [7, 11) is 0. The number of nitrogens with zero attached hydrogens (tertiary/aromatic N) is 3. The number of aliphatic imine (C=N–C) groups is 1. The first-order chi connectivity index (χ1) is 9.26. The van der Waals surface area contributed by atoms with E-state index < -0.39 is 0 Å². The molecule has 1 rings (SSSR count). The van der Waals surface area contributed by atoms with Crippen LogP contribution in [0.5, 0.6) is 0 Å². The molecule has 1 aromatic heterocycles. The molecule has 1 N–H and O–H groups in total. The summed E-state index contributed by atoms with van der Waals surface area (Å²) in [5, 5.41) is 12.1. The van der Waals surface area contributed by atoms with Crippen LogP contribution in [-0.4, -0.2) is 23.1 Å². The molecular weight excluding hydrogens is 258 g/mol. The molecule has 0 fully saturated rings. The number of oxime groups is 1. The van der Waals surface area contributed by atoms with E-state index in [-0.39, 0.29) is 0 Å². The van der Waals surface area contributed by atoms with Crippen molar-refractivity contribution in [3.8, 4) is 0 Å². The van der Waals surface area contributed by atoms with Crippen LogP contribution in [-0.2, 0) is 6.42 Å². The van der Waals surface area contributed by atoms with Crippen LogP contribution in [0.3, 0.4) is 0 Å².